The smallest absolute Gasteiger partial charge is 0.295 e. The molecular weight excluding hydrogens is 411 g/mol. The number of nitro benzene ring substituents is 1. The molecular formula is C20H23FN4O4S. The molecule has 2 saturated heterocycles. The summed E-state index contributed by atoms with van der Waals surface area (Å²) in [6, 6.07) is 6.08. The zero-order valence-corrected chi connectivity index (χ0v) is 17.4. The van der Waals surface area contributed by atoms with Crippen molar-refractivity contribution in [2.75, 3.05) is 55.7 Å². The van der Waals surface area contributed by atoms with Crippen LogP contribution in [0.4, 0.5) is 21.5 Å². The van der Waals surface area contributed by atoms with E-state index in [1.165, 1.54) is 11.3 Å². The van der Waals surface area contributed by atoms with Gasteiger partial charge in [-0.05, 0) is 24.4 Å². The average molecular weight is 434 g/mol. The molecule has 1 amide bonds. The highest BCUT2D eigenvalue weighted by Crippen LogP contribution is 2.36. The van der Waals surface area contributed by atoms with E-state index >= 15 is 0 Å². The number of piperazine rings is 1. The van der Waals surface area contributed by atoms with Gasteiger partial charge in [-0.3, -0.25) is 14.9 Å². The van der Waals surface area contributed by atoms with Gasteiger partial charge in [-0.25, -0.2) is 4.39 Å². The van der Waals surface area contributed by atoms with Gasteiger partial charge in [0.25, 0.3) is 11.6 Å². The summed E-state index contributed by atoms with van der Waals surface area (Å²) in [5.74, 6) is -0.633. The zero-order chi connectivity index (χ0) is 21.3. The number of hydrogen-bond donors (Lipinski definition) is 0. The Kier molecular flexibility index (Phi) is 5.87. The van der Waals surface area contributed by atoms with E-state index in [2.05, 4.69) is 0 Å². The van der Waals surface area contributed by atoms with Crippen molar-refractivity contribution in [1.82, 2.24) is 4.90 Å². The third-order valence-corrected chi connectivity index (χ3v) is 6.41. The zero-order valence-electron chi connectivity index (χ0n) is 16.6. The second-order valence-electron chi connectivity index (χ2n) is 7.42. The van der Waals surface area contributed by atoms with E-state index < -0.39 is 10.7 Å². The molecule has 2 fully saturated rings. The van der Waals surface area contributed by atoms with Crippen LogP contribution in [0.2, 0.25) is 0 Å². The number of carbonyl (C=O) groups excluding carboxylic acids is 1. The number of anilines is 2. The lowest BCUT2D eigenvalue weighted by Crippen LogP contribution is -2.54. The van der Waals surface area contributed by atoms with E-state index in [1.54, 1.807) is 17.0 Å². The van der Waals surface area contributed by atoms with Gasteiger partial charge >= 0.3 is 0 Å². The number of amides is 1. The maximum atomic E-state index is 14.7. The Hall–Kier alpha value is -2.72. The first kappa shape index (κ1) is 20.5. The standard InChI is InChI=1S/C20H23FN4O4S/c1-14-13-23(4-5-24(14)20(26)19-3-2-10-30-19)17-12-16(22-6-8-29-9-7-22)15(21)11-18(17)25(27)28/h2-3,10-12,14H,4-9,13H2,1H3/t14-/m0/s1. The Bertz CT molecular complexity index is 933. The van der Waals surface area contributed by atoms with Crippen LogP contribution in [0.15, 0.2) is 29.6 Å². The van der Waals surface area contributed by atoms with Crippen molar-refractivity contribution in [3.05, 3.63) is 50.5 Å². The average Bonchev–Trinajstić information content (AvgIpc) is 3.28. The minimum atomic E-state index is -0.605. The van der Waals surface area contributed by atoms with Crippen molar-refractivity contribution in [2.45, 2.75) is 13.0 Å². The highest BCUT2D eigenvalue weighted by molar-refractivity contribution is 7.12. The monoisotopic (exact) mass is 434 g/mol. The van der Waals surface area contributed by atoms with E-state index in [0.29, 0.717) is 62.2 Å². The summed E-state index contributed by atoms with van der Waals surface area (Å²) in [5, 5.41) is 13.5. The first-order valence-electron chi connectivity index (χ1n) is 9.85. The van der Waals surface area contributed by atoms with E-state index in [-0.39, 0.29) is 17.6 Å². The molecule has 0 unspecified atom stereocenters. The van der Waals surface area contributed by atoms with Crippen molar-refractivity contribution >= 4 is 34.3 Å². The normalized spacial score (nSPS) is 19.8. The van der Waals surface area contributed by atoms with Crippen molar-refractivity contribution in [2.24, 2.45) is 0 Å². The number of morpholine rings is 1. The molecule has 4 rings (SSSR count). The van der Waals surface area contributed by atoms with Gasteiger partial charge in [0.1, 0.15) is 5.69 Å². The maximum Gasteiger partial charge on any atom is 0.295 e. The molecule has 30 heavy (non-hydrogen) atoms. The summed E-state index contributed by atoms with van der Waals surface area (Å²) in [4.78, 5) is 30.0. The Morgan fingerprint density at radius 2 is 1.97 bits per heavy atom. The van der Waals surface area contributed by atoms with Crippen LogP contribution in [0.25, 0.3) is 0 Å². The lowest BCUT2D eigenvalue weighted by Gasteiger charge is -2.41. The number of rotatable bonds is 4. The number of thiophene rings is 1. The summed E-state index contributed by atoms with van der Waals surface area (Å²) < 4.78 is 20.0. The molecule has 1 atom stereocenters. The number of hydrogen-bond acceptors (Lipinski definition) is 7. The summed E-state index contributed by atoms with van der Waals surface area (Å²) in [5.41, 5.74) is 0.483. The fourth-order valence-corrected chi connectivity index (χ4v) is 4.69. The molecule has 10 heteroatoms. The lowest BCUT2D eigenvalue weighted by molar-refractivity contribution is -0.384. The fourth-order valence-electron chi connectivity index (χ4n) is 4.01. The Morgan fingerprint density at radius 1 is 1.20 bits per heavy atom. The summed E-state index contributed by atoms with van der Waals surface area (Å²) in [7, 11) is 0. The minimum Gasteiger partial charge on any atom is -0.378 e. The Balaban J connectivity index is 1.60. The minimum absolute atomic E-state index is 0.0280. The predicted octanol–water partition coefficient (Wildman–Crippen LogP) is 2.98. The van der Waals surface area contributed by atoms with Gasteiger partial charge < -0.3 is 19.4 Å². The van der Waals surface area contributed by atoms with Crippen molar-refractivity contribution in [3.63, 3.8) is 0 Å². The molecule has 2 aliphatic heterocycles. The first-order chi connectivity index (χ1) is 14.5. The molecule has 2 aromatic rings. The van der Waals surface area contributed by atoms with Gasteiger partial charge in [-0.1, -0.05) is 6.07 Å². The van der Waals surface area contributed by atoms with Crippen LogP contribution >= 0.6 is 11.3 Å². The number of benzene rings is 1. The Morgan fingerprint density at radius 3 is 2.60 bits per heavy atom. The van der Waals surface area contributed by atoms with E-state index in [1.807, 2.05) is 28.2 Å². The number of halogens is 1. The molecule has 3 heterocycles. The highest BCUT2D eigenvalue weighted by atomic mass is 32.1. The van der Waals surface area contributed by atoms with Gasteiger partial charge in [0.2, 0.25) is 0 Å². The molecule has 8 nitrogen and oxygen atoms in total. The second-order valence-corrected chi connectivity index (χ2v) is 8.37. The van der Waals surface area contributed by atoms with Crippen LogP contribution in [-0.4, -0.2) is 67.7 Å². The molecule has 160 valence electrons. The molecule has 0 bridgehead atoms. The predicted molar refractivity (Wildman–Crippen MR) is 113 cm³/mol. The van der Waals surface area contributed by atoms with E-state index in [4.69, 9.17) is 4.74 Å². The van der Waals surface area contributed by atoms with Gasteiger partial charge in [0.05, 0.1) is 34.8 Å². The third kappa shape index (κ3) is 3.97. The largest absolute Gasteiger partial charge is 0.378 e. The lowest BCUT2D eigenvalue weighted by atomic mass is 10.1. The van der Waals surface area contributed by atoms with Crippen LogP contribution in [0.1, 0.15) is 16.6 Å². The number of nitrogens with zero attached hydrogens (tertiary/aromatic N) is 4. The van der Waals surface area contributed by atoms with Crippen LogP contribution in [0.3, 0.4) is 0 Å². The van der Waals surface area contributed by atoms with Crippen molar-refractivity contribution in [3.8, 4) is 0 Å². The molecule has 0 N–H and O–H groups in total. The van der Waals surface area contributed by atoms with Gasteiger partial charge in [-0.2, -0.15) is 0 Å². The summed E-state index contributed by atoms with van der Waals surface area (Å²) in [6.07, 6.45) is 0. The van der Waals surface area contributed by atoms with Crippen LogP contribution < -0.4 is 9.80 Å². The highest BCUT2D eigenvalue weighted by Gasteiger charge is 2.32. The molecule has 1 aromatic heterocycles. The number of carbonyl (C=O) groups is 1. The molecule has 0 saturated carbocycles. The van der Waals surface area contributed by atoms with E-state index in [0.717, 1.165) is 6.07 Å². The third-order valence-electron chi connectivity index (χ3n) is 5.55. The molecule has 1 aromatic carbocycles. The number of nitro groups is 1. The van der Waals surface area contributed by atoms with Crippen LogP contribution in [0.5, 0.6) is 0 Å². The molecule has 0 radical (unpaired) electrons. The molecule has 0 spiro atoms. The van der Waals surface area contributed by atoms with Gasteiger partial charge in [-0.15, -0.1) is 11.3 Å². The van der Waals surface area contributed by atoms with Crippen LogP contribution in [0, 0.1) is 15.9 Å². The molecule has 0 aliphatic carbocycles. The molecule has 2 aliphatic rings. The maximum absolute atomic E-state index is 14.7. The number of ether oxygens (including phenoxy) is 1. The summed E-state index contributed by atoms with van der Waals surface area (Å²) >= 11 is 1.40. The SMILES string of the molecule is C[C@H]1CN(c2cc(N3CCOCC3)c(F)cc2[N+](=O)[O-])CCN1C(=O)c1cccs1. The Labute approximate surface area is 177 Å². The van der Waals surface area contributed by atoms with Gasteiger partial charge in [0.15, 0.2) is 5.82 Å². The van der Waals surface area contributed by atoms with Gasteiger partial charge in [0, 0.05) is 38.8 Å². The van der Waals surface area contributed by atoms with Crippen molar-refractivity contribution in [1.29, 1.82) is 0 Å². The summed E-state index contributed by atoms with van der Waals surface area (Å²) in [6.45, 7) is 5.30. The van der Waals surface area contributed by atoms with Crippen molar-refractivity contribution < 1.29 is 18.8 Å². The second kappa shape index (κ2) is 8.57. The first-order valence-corrected chi connectivity index (χ1v) is 10.7. The van der Waals surface area contributed by atoms with E-state index in [9.17, 15) is 19.3 Å². The topological polar surface area (TPSA) is 79.2 Å². The fraction of sp³-hybridized carbons (Fsp3) is 0.450. The van der Waals surface area contributed by atoms with Crippen LogP contribution in [-0.2, 0) is 4.74 Å². The quantitative estimate of drug-likeness (QED) is 0.544.